The molecule has 0 aromatic heterocycles. The zero-order valence-electron chi connectivity index (χ0n) is 11.7. The van der Waals surface area contributed by atoms with Gasteiger partial charge >= 0.3 is 5.97 Å². The van der Waals surface area contributed by atoms with Crippen molar-refractivity contribution in [3.8, 4) is 12.3 Å². The van der Waals surface area contributed by atoms with Gasteiger partial charge in [-0.25, -0.2) is 0 Å². The molecule has 1 N–H and O–H groups in total. The van der Waals surface area contributed by atoms with Crippen LogP contribution in [0.1, 0.15) is 58.8 Å². The van der Waals surface area contributed by atoms with E-state index in [-0.39, 0.29) is 12.4 Å². The summed E-state index contributed by atoms with van der Waals surface area (Å²) < 4.78 is 5.13. The first-order valence-electron chi connectivity index (χ1n) is 6.91. The molecule has 3 nitrogen and oxygen atoms in total. The fourth-order valence-corrected chi connectivity index (χ4v) is 1.74. The molecule has 0 spiro atoms. The van der Waals surface area contributed by atoms with Gasteiger partial charge in [-0.3, -0.25) is 4.79 Å². The van der Waals surface area contributed by atoms with Gasteiger partial charge in [0.05, 0.1) is 18.6 Å². The van der Waals surface area contributed by atoms with Gasteiger partial charge in [-0.15, -0.1) is 12.3 Å². The van der Waals surface area contributed by atoms with Crippen LogP contribution in [0.15, 0.2) is 0 Å². The molecule has 0 heterocycles. The number of aliphatic hydroxyl groups is 1. The summed E-state index contributed by atoms with van der Waals surface area (Å²) in [6.45, 7) is 4.18. The van der Waals surface area contributed by atoms with Crippen LogP contribution in [0.3, 0.4) is 0 Å². The number of unbranched alkanes of at least 4 members (excludes halogenated alkanes) is 5. The second-order valence-electron chi connectivity index (χ2n) is 4.69. The molecule has 0 radical (unpaired) electrons. The van der Waals surface area contributed by atoms with Crippen molar-refractivity contribution in [3.63, 3.8) is 0 Å². The molecule has 0 aromatic rings. The Morgan fingerprint density at radius 2 is 1.89 bits per heavy atom. The first-order valence-corrected chi connectivity index (χ1v) is 6.91. The average Bonchev–Trinajstić information content (AvgIpc) is 2.34. The lowest BCUT2D eigenvalue weighted by molar-refractivity contribution is -0.152. The number of ether oxygens (including phenoxy) is 1. The van der Waals surface area contributed by atoms with Gasteiger partial charge in [0.1, 0.15) is 0 Å². The second kappa shape index (κ2) is 11.1. The predicted octanol–water partition coefficient (Wildman–Crippen LogP) is 2.91. The van der Waals surface area contributed by atoms with Crippen molar-refractivity contribution < 1.29 is 14.6 Å². The fraction of sp³-hybridized carbons (Fsp3) is 0.800. The highest BCUT2D eigenvalue weighted by Crippen LogP contribution is 2.11. The van der Waals surface area contributed by atoms with Gasteiger partial charge in [-0.1, -0.05) is 39.0 Å². The predicted molar refractivity (Wildman–Crippen MR) is 73.0 cm³/mol. The van der Waals surface area contributed by atoms with Crippen LogP contribution in [0.4, 0.5) is 0 Å². The SMILES string of the molecule is C#CC[C@@H](C(=O)OCCCCCCCC)[C@H](C)O. The van der Waals surface area contributed by atoms with Crippen LogP contribution in [0.2, 0.25) is 0 Å². The van der Waals surface area contributed by atoms with Crippen molar-refractivity contribution in [1.82, 2.24) is 0 Å². The molecule has 3 heteroatoms. The van der Waals surface area contributed by atoms with E-state index < -0.39 is 12.0 Å². The number of carbonyl (C=O) groups is 1. The highest BCUT2D eigenvalue weighted by Gasteiger charge is 2.23. The lowest BCUT2D eigenvalue weighted by Crippen LogP contribution is -2.27. The van der Waals surface area contributed by atoms with Gasteiger partial charge in [0, 0.05) is 6.42 Å². The van der Waals surface area contributed by atoms with E-state index in [0.717, 1.165) is 12.8 Å². The Labute approximate surface area is 111 Å². The second-order valence-corrected chi connectivity index (χ2v) is 4.69. The van der Waals surface area contributed by atoms with Gasteiger partial charge in [0.15, 0.2) is 0 Å². The minimum Gasteiger partial charge on any atom is -0.465 e. The molecule has 0 aromatic carbocycles. The van der Waals surface area contributed by atoms with E-state index in [1.54, 1.807) is 6.92 Å². The molecule has 18 heavy (non-hydrogen) atoms. The van der Waals surface area contributed by atoms with Crippen LogP contribution in [0.5, 0.6) is 0 Å². The van der Waals surface area contributed by atoms with Gasteiger partial charge in [-0.05, 0) is 13.3 Å². The molecule has 0 saturated heterocycles. The monoisotopic (exact) mass is 254 g/mol. The number of hydrogen-bond acceptors (Lipinski definition) is 3. The van der Waals surface area contributed by atoms with E-state index in [0.29, 0.717) is 6.61 Å². The maximum absolute atomic E-state index is 11.6. The van der Waals surface area contributed by atoms with Crippen LogP contribution < -0.4 is 0 Å². The standard InChI is InChI=1S/C15H26O3/c1-4-6-7-8-9-10-12-18-15(17)14(11-5-2)13(3)16/h2,13-14,16H,4,6-12H2,1,3H3/t13-,14+/m0/s1. The van der Waals surface area contributed by atoms with Gasteiger partial charge in [-0.2, -0.15) is 0 Å². The molecule has 2 atom stereocenters. The minimum absolute atomic E-state index is 0.229. The van der Waals surface area contributed by atoms with Crippen LogP contribution >= 0.6 is 0 Å². The minimum atomic E-state index is -0.752. The average molecular weight is 254 g/mol. The van der Waals surface area contributed by atoms with Crippen molar-refractivity contribution in [2.75, 3.05) is 6.61 Å². The van der Waals surface area contributed by atoms with Crippen molar-refractivity contribution in [3.05, 3.63) is 0 Å². The number of terminal acetylenes is 1. The Morgan fingerprint density at radius 3 is 2.44 bits per heavy atom. The summed E-state index contributed by atoms with van der Waals surface area (Å²) in [5.74, 6) is 1.43. The van der Waals surface area contributed by atoms with E-state index in [4.69, 9.17) is 11.2 Å². The van der Waals surface area contributed by atoms with E-state index in [9.17, 15) is 9.90 Å². The third kappa shape index (κ3) is 8.14. The Kier molecular flexibility index (Phi) is 10.5. The number of carbonyl (C=O) groups excluding carboxylic acids is 1. The summed E-state index contributed by atoms with van der Waals surface area (Å²) in [6.07, 6.45) is 11.5. The molecule has 0 aliphatic heterocycles. The summed E-state index contributed by atoms with van der Waals surface area (Å²) in [6, 6.07) is 0. The quantitative estimate of drug-likeness (QED) is 0.370. The number of rotatable bonds is 10. The van der Waals surface area contributed by atoms with E-state index in [1.165, 1.54) is 25.7 Å². The lowest BCUT2D eigenvalue weighted by atomic mass is 10.0. The molecule has 0 rings (SSSR count). The summed E-state index contributed by atoms with van der Waals surface area (Å²) in [5.41, 5.74) is 0. The molecule has 0 fully saturated rings. The van der Waals surface area contributed by atoms with Crippen LogP contribution in [0.25, 0.3) is 0 Å². The Bertz CT molecular complexity index is 253. The van der Waals surface area contributed by atoms with Gasteiger partial charge < -0.3 is 9.84 Å². The summed E-state index contributed by atoms with van der Waals surface area (Å²) in [4.78, 5) is 11.6. The third-order valence-electron chi connectivity index (χ3n) is 2.97. The van der Waals surface area contributed by atoms with Crippen LogP contribution in [-0.2, 0) is 9.53 Å². The Hall–Kier alpha value is -1.01. The van der Waals surface area contributed by atoms with E-state index in [2.05, 4.69) is 12.8 Å². The number of esters is 1. The van der Waals surface area contributed by atoms with Crippen molar-refractivity contribution >= 4 is 5.97 Å². The van der Waals surface area contributed by atoms with Crippen molar-refractivity contribution in [1.29, 1.82) is 0 Å². The molecule has 0 bridgehead atoms. The maximum Gasteiger partial charge on any atom is 0.312 e. The van der Waals surface area contributed by atoms with Crippen molar-refractivity contribution in [2.24, 2.45) is 5.92 Å². The van der Waals surface area contributed by atoms with Gasteiger partial charge in [0.2, 0.25) is 0 Å². The largest absolute Gasteiger partial charge is 0.465 e. The molecule has 0 unspecified atom stereocenters. The zero-order valence-corrected chi connectivity index (χ0v) is 11.7. The van der Waals surface area contributed by atoms with Crippen molar-refractivity contribution in [2.45, 2.75) is 64.9 Å². The Morgan fingerprint density at radius 1 is 1.28 bits per heavy atom. The first kappa shape index (κ1) is 17.0. The highest BCUT2D eigenvalue weighted by atomic mass is 16.5. The smallest absolute Gasteiger partial charge is 0.312 e. The van der Waals surface area contributed by atoms with Gasteiger partial charge in [0.25, 0.3) is 0 Å². The van der Waals surface area contributed by atoms with E-state index >= 15 is 0 Å². The molecule has 104 valence electrons. The lowest BCUT2D eigenvalue weighted by Gasteiger charge is -2.16. The molecule has 0 amide bonds. The maximum atomic E-state index is 11.6. The fourth-order valence-electron chi connectivity index (χ4n) is 1.74. The third-order valence-corrected chi connectivity index (χ3v) is 2.97. The summed E-state index contributed by atoms with van der Waals surface area (Å²) in [7, 11) is 0. The topological polar surface area (TPSA) is 46.5 Å². The normalized spacial score (nSPS) is 13.7. The number of aliphatic hydroxyl groups excluding tert-OH is 1. The summed E-state index contributed by atoms with van der Waals surface area (Å²) >= 11 is 0. The molecule has 0 aliphatic carbocycles. The molecule has 0 saturated carbocycles. The van der Waals surface area contributed by atoms with Crippen LogP contribution in [0, 0.1) is 18.3 Å². The van der Waals surface area contributed by atoms with Crippen LogP contribution in [-0.4, -0.2) is 23.8 Å². The van der Waals surface area contributed by atoms with E-state index in [1.807, 2.05) is 0 Å². The zero-order chi connectivity index (χ0) is 13.8. The summed E-state index contributed by atoms with van der Waals surface area (Å²) in [5, 5.41) is 9.42. The first-order chi connectivity index (χ1) is 8.63. The highest BCUT2D eigenvalue weighted by molar-refractivity contribution is 5.73. The molecular weight excluding hydrogens is 228 g/mol. The molecule has 0 aliphatic rings. The molecular formula is C15H26O3. The Balaban J connectivity index is 3.65. The number of hydrogen-bond donors (Lipinski definition) is 1.